The number of benzene rings is 1. The van der Waals surface area contributed by atoms with Crippen LogP contribution in [0.5, 0.6) is 0 Å². The highest BCUT2D eigenvalue weighted by Gasteiger charge is 2.29. The normalized spacial score (nSPS) is 22.1. The Balaban J connectivity index is 1.68. The van der Waals surface area contributed by atoms with Crippen molar-refractivity contribution >= 4 is 16.7 Å². The molecule has 0 amide bonds. The van der Waals surface area contributed by atoms with Crippen molar-refractivity contribution in [3.8, 4) is 11.1 Å². The van der Waals surface area contributed by atoms with Crippen LogP contribution in [0.15, 0.2) is 41.3 Å². The summed E-state index contributed by atoms with van der Waals surface area (Å²) in [6.45, 7) is 6.37. The molecule has 5 rings (SSSR count). The lowest BCUT2D eigenvalue weighted by Crippen LogP contribution is -2.34. The molecule has 3 aromatic heterocycles. The molecule has 4 aromatic rings. The predicted molar refractivity (Wildman–Crippen MR) is 114 cm³/mol. The Labute approximate surface area is 173 Å². The zero-order valence-corrected chi connectivity index (χ0v) is 17.3. The molecule has 0 spiro atoms. The standard InChI is InChI=1S/C23H24FN5O/c1-13-5-4-6-18(14(13)2)28-12-11-19-21(23(28)30)25-26-22-20(15(3)27-29(19)22)16-7-9-17(24)10-8-16/h7-14,18H,4-6H2,1-3H3/t13-,14+,18-/m1/s1. The molecule has 1 aliphatic rings. The van der Waals surface area contributed by atoms with Crippen LogP contribution in [0.4, 0.5) is 4.39 Å². The molecule has 30 heavy (non-hydrogen) atoms. The molecule has 1 aliphatic carbocycles. The molecule has 0 radical (unpaired) electrons. The van der Waals surface area contributed by atoms with Gasteiger partial charge in [-0.1, -0.05) is 38.8 Å². The summed E-state index contributed by atoms with van der Waals surface area (Å²) in [6.07, 6.45) is 5.21. The molecular weight excluding hydrogens is 381 g/mol. The number of fused-ring (bicyclic) bond motifs is 3. The number of halogens is 1. The molecule has 154 valence electrons. The van der Waals surface area contributed by atoms with Crippen molar-refractivity contribution in [3.63, 3.8) is 0 Å². The van der Waals surface area contributed by atoms with Crippen molar-refractivity contribution in [2.24, 2.45) is 11.8 Å². The third-order valence-electron chi connectivity index (χ3n) is 6.74. The first-order valence-electron chi connectivity index (χ1n) is 10.5. The van der Waals surface area contributed by atoms with E-state index in [1.807, 2.05) is 23.8 Å². The Bertz CT molecular complexity index is 1310. The second-order valence-electron chi connectivity index (χ2n) is 8.50. The smallest absolute Gasteiger partial charge is 0.280 e. The predicted octanol–water partition coefficient (Wildman–Crippen LogP) is 4.55. The minimum atomic E-state index is -0.295. The first kappa shape index (κ1) is 18.9. The number of hydrogen-bond acceptors (Lipinski definition) is 4. The summed E-state index contributed by atoms with van der Waals surface area (Å²) in [5.74, 6) is 0.728. The zero-order valence-electron chi connectivity index (χ0n) is 17.3. The van der Waals surface area contributed by atoms with Crippen molar-refractivity contribution in [1.29, 1.82) is 0 Å². The lowest BCUT2D eigenvalue weighted by atomic mass is 9.78. The minimum Gasteiger partial charge on any atom is -0.310 e. The van der Waals surface area contributed by atoms with Crippen molar-refractivity contribution < 1.29 is 4.39 Å². The van der Waals surface area contributed by atoms with E-state index in [4.69, 9.17) is 0 Å². The molecule has 3 atom stereocenters. The fourth-order valence-electron chi connectivity index (χ4n) is 4.83. The lowest BCUT2D eigenvalue weighted by molar-refractivity contribution is 0.183. The van der Waals surface area contributed by atoms with E-state index in [1.165, 1.54) is 18.6 Å². The van der Waals surface area contributed by atoms with Gasteiger partial charge in [0.1, 0.15) is 11.3 Å². The van der Waals surface area contributed by atoms with Crippen LogP contribution in [-0.2, 0) is 0 Å². The molecule has 0 unspecified atom stereocenters. The number of nitrogens with zero attached hydrogens (tertiary/aromatic N) is 5. The second kappa shape index (κ2) is 7.00. The van der Waals surface area contributed by atoms with E-state index in [0.717, 1.165) is 29.7 Å². The average Bonchev–Trinajstić information content (AvgIpc) is 3.08. The molecule has 7 heteroatoms. The molecule has 1 saturated carbocycles. The monoisotopic (exact) mass is 405 g/mol. The van der Waals surface area contributed by atoms with Gasteiger partial charge in [-0.3, -0.25) is 4.79 Å². The van der Waals surface area contributed by atoms with Gasteiger partial charge in [-0.05, 0) is 48.9 Å². The minimum absolute atomic E-state index is 0.121. The Morgan fingerprint density at radius 2 is 1.83 bits per heavy atom. The van der Waals surface area contributed by atoms with Crippen LogP contribution in [0.2, 0.25) is 0 Å². The molecule has 0 N–H and O–H groups in total. The number of aryl methyl sites for hydroxylation is 1. The van der Waals surface area contributed by atoms with Gasteiger partial charge in [0.25, 0.3) is 5.56 Å². The molecule has 0 saturated heterocycles. The van der Waals surface area contributed by atoms with E-state index in [0.29, 0.717) is 28.5 Å². The summed E-state index contributed by atoms with van der Waals surface area (Å²) in [7, 11) is 0. The molecule has 6 nitrogen and oxygen atoms in total. The zero-order chi connectivity index (χ0) is 21.0. The van der Waals surface area contributed by atoms with Crippen molar-refractivity contribution in [2.45, 2.75) is 46.1 Å². The van der Waals surface area contributed by atoms with Crippen molar-refractivity contribution in [2.75, 3.05) is 0 Å². The maximum Gasteiger partial charge on any atom is 0.280 e. The van der Waals surface area contributed by atoms with Gasteiger partial charge < -0.3 is 4.57 Å². The molecular formula is C23H24FN5O. The lowest BCUT2D eigenvalue weighted by Gasteiger charge is -2.35. The Hall–Kier alpha value is -3.09. The Morgan fingerprint density at radius 1 is 1.07 bits per heavy atom. The van der Waals surface area contributed by atoms with E-state index < -0.39 is 0 Å². The van der Waals surface area contributed by atoms with E-state index in [2.05, 4.69) is 29.1 Å². The van der Waals surface area contributed by atoms with Gasteiger partial charge in [-0.25, -0.2) is 8.91 Å². The Kier molecular flexibility index (Phi) is 4.41. The fourth-order valence-corrected chi connectivity index (χ4v) is 4.83. The highest BCUT2D eigenvalue weighted by atomic mass is 19.1. The van der Waals surface area contributed by atoms with Crippen LogP contribution in [0.25, 0.3) is 27.8 Å². The number of pyridine rings is 1. The van der Waals surface area contributed by atoms with Gasteiger partial charge in [-0.2, -0.15) is 5.10 Å². The van der Waals surface area contributed by atoms with E-state index in [9.17, 15) is 9.18 Å². The quantitative estimate of drug-likeness (QED) is 0.491. The molecule has 3 heterocycles. The van der Waals surface area contributed by atoms with Crippen molar-refractivity contribution in [1.82, 2.24) is 24.4 Å². The molecule has 0 aliphatic heterocycles. The summed E-state index contributed by atoms with van der Waals surface area (Å²) in [5.41, 5.74) is 3.76. The van der Waals surface area contributed by atoms with E-state index in [1.54, 1.807) is 16.6 Å². The Morgan fingerprint density at radius 3 is 2.60 bits per heavy atom. The maximum absolute atomic E-state index is 13.4. The summed E-state index contributed by atoms with van der Waals surface area (Å²) in [5, 5.41) is 13.3. The fraction of sp³-hybridized carbons (Fsp3) is 0.391. The van der Waals surface area contributed by atoms with Crippen LogP contribution in [0, 0.1) is 24.6 Å². The molecule has 0 bridgehead atoms. The van der Waals surface area contributed by atoms with Gasteiger partial charge in [0.05, 0.1) is 11.3 Å². The van der Waals surface area contributed by atoms with Gasteiger partial charge in [-0.15, -0.1) is 10.2 Å². The first-order chi connectivity index (χ1) is 14.5. The highest BCUT2D eigenvalue weighted by Crippen LogP contribution is 2.37. The number of rotatable bonds is 2. The van der Waals surface area contributed by atoms with Crippen molar-refractivity contribution in [3.05, 3.63) is 58.4 Å². The summed E-state index contributed by atoms with van der Waals surface area (Å²) in [6, 6.07) is 8.32. The topological polar surface area (TPSA) is 65.1 Å². The molecule has 1 fully saturated rings. The van der Waals surface area contributed by atoms with E-state index >= 15 is 0 Å². The number of hydrogen-bond donors (Lipinski definition) is 0. The van der Waals surface area contributed by atoms with Gasteiger partial charge in [0.2, 0.25) is 0 Å². The van der Waals surface area contributed by atoms with Crippen LogP contribution < -0.4 is 5.56 Å². The van der Waals surface area contributed by atoms with Gasteiger partial charge >= 0.3 is 0 Å². The van der Waals surface area contributed by atoms with Crippen LogP contribution in [0.1, 0.15) is 44.8 Å². The second-order valence-corrected chi connectivity index (χ2v) is 8.50. The maximum atomic E-state index is 13.4. The highest BCUT2D eigenvalue weighted by molar-refractivity contribution is 5.84. The van der Waals surface area contributed by atoms with Crippen LogP contribution in [-0.4, -0.2) is 24.4 Å². The third kappa shape index (κ3) is 2.83. The first-order valence-corrected chi connectivity index (χ1v) is 10.5. The molecule has 1 aromatic carbocycles. The summed E-state index contributed by atoms with van der Waals surface area (Å²) in [4.78, 5) is 13.3. The van der Waals surface area contributed by atoms with Gasteiger partial charge in [0, 0.05) is 12.2 Å². The third-order valence-corrected chi connectivity index (χ3v) is 6.74. The van der Waals surface area contributed by atoms with E-state index in [-0.39, 0.29) is 17.4 Å². The SMILES string of the molecule is Cc1nn2c(nnc3c(=O)n([C@@H]4CCC[C@@H](C)[C@@H]4C)ccc32)c1-c1ccc(F)cc1. The van der Waals surface area contributed by atoms with Gasteiger partial charge in [0.15, 0.2) is 11.2 Å². The summed E-state index contributed by atoms with van der Waals surface area (Å²) < 4.78 is 16.9. The average molecular weight is 405 g/mol. The van der Waals surface area contributed by atoms with Crippen LogP contribution in [0.3, 0.4) is 0 Å². The largest absolute Gasteiger partial charge is 0.310 e. The van der Waals surface area contributed by atoms with Crippen LogP contribution >= 0.6 is 0 Å². The number of aromatic nitrogens is 5. The summed E-state index contributed by atoms with van der Waals surface area (Å²) >= 11 is 0.